The fraction of sp³-hybridized carbons (Fsp3) is 0.400. The van der Waals surface area contributed by atoms with Crippen LogP contribution in [0.2, 0.25) is 0 Å². The molecular formula is C15H19NO. The van der Waals surface area contributed by atoms with Gasteiger partial charge < -0.3 is 4.57 Å². The molecule has 0 saturated carbocycles. The van der Waals surface area contributed by atoms with E-state index in [1.807, 2.05) is 38.2 Å². The Morgan fingerprint density at radius 3 is 2.65 bits per heavy atom. The molecule has 0 aliphatic heterocycles. The van der Waals surface area contributed by atoms with Crippen LogP contribution in [0.15, 0.2) is 30.5 Å². The quantitative estimate of drug-likeness (QED) is 0.729. The Labute approximate surface area is 102 Å². The molecule has 0 aliphatic rings. The second-order valence-electron chi connectivity index (χ2n) is 4.77. The molecule has 90 valence electrons. The lowest BCUT2D eigenvalue weighted by atomic mass is 10.0. The SMILES string of the molecule is CCCn1cc(C(=O)C(C)C)c2ccccc21. The molecular weight excluding hydrogens is 210 g/mol. The third-order valence-electron chi connectivity index (χ3n) is 3.04. The minimum absolute atomic E-state index is 0.0517. The molecule has 1 aromatic carbocycles. The van der Waals surface area contributed by atoms with Crippen LogP contribution in [0.5, 0.6) is 0 Å². The van der Waals surface area contributed by atoms with E-state index in [1.54, 1.807) is 0 Å². The summed E-state index contributed by atoms with van der Waals surface area (Å²) in [6, 6.07) is 8.15. The van der Waals surface area contributed by atoms with Crippen LogP contribution >= 0.6 is 0 Å². The smallest absolute Gasteiger partial charge is 0.167 e. The summed E-state index contributed by atoms with van der Waals surface area (Å²) in [6.07, 6.45) is 3.09. The maximum atomic E-state index is 12.2. The number of carbonyl (C=O) groups excluding carboxylic acids is 1. The molecule has 0 spiro atoms. The van der Waals surface area contributed by atoms with Gasteiger partial charge in [-0.1, -0.05) is 39.0 Å². The third-order valence-corrected chi connectivity index (χ3v) is 3.04. The molecule has 2 rings (SSSR count). The molecule has 0 saturated heterocycles. The Hall–Kier alpha value is -1.57. The summed E-state index contributed by atoms with van der Waals surface area (Å²) in [7, 11) is 0. The van der Waals surface area contributed by atoms with Gasteiger partial charge in [0.15, 0.2) is 5.78 Å². The molecule has 0 unspecified atom stereocenters. The predicted molar refractivity (Wildman–Crippen MR) is 71.4 cm³/mol. The van der Waals surface area contributed by atoms with E-state index >= 15 is 0 Å². The van der Waals surface area contributed by atoms with Gasteiger partial charge in [-0.15, -0.1) is 0 Å². The van der Waals surface area contributed by atoms with Crippen molar-refractivity contribution >= 4 is 16.7 Å². The highest BCUT2D eigenvalue weighted by molar-refractivity contribution is 6.08. The van der Waals surface area contributed by atoms with Crippen molar-refractivity contribution < 1.29 is 4.79 Å². The second-order valence-corrected chi connectivity index (χ2v) is 4.77. The standard InChI is InChI=1S/C15H19NO/c1-4-9-16-10-13(15(17)11(2)3)12-7-5-6-8-14(12)16/h5-8,10-11H,4,9H2,1-3H3. The van der Waals surface area contributed by atoms with Crippen LogP contribution in [-0.2, 0) is 6.54 Å². The van der Waals surface area contributed by atoms with Crippen LogP contribution in [0.3, 0.4) is 0 Å². The van der Waals surface area contributed by atoms with E-state index in [-0.39, 0.29) is 11.7 Å². The molecule has 0 radical (unpaired) electrons. The molecule has 0 N–H and O–H groups in total. The normalized spacial score (nSPS) is 11.3. The van der Waals surface area contributed by atoms with E-state index in [0.717, 1.165) is 23.9 Å². The molecule has 0 bridgehead atoms. The summed E-state index contributed by atoms with van der Waals surface area (Å²) in [4.78, 5) is 12.2. The van der Waals surface area contributed by atoms with Gasteiger partial charge in [0.05, 0.1) is 0 Å². The lowest BCUT2D eigenvalue weighted by Gasteiger charge is -2.01. The largest absolute Gasteiger partial charge is 0.347 e. The summed E-state index contributed by atoms with van der Waals surface area (Å²) < 4.78 is 2.19. The third kappa shape index (κ3) is 2.12. The highest BCUT2D eigenvalue weighted by Crippen LogP contribution is 2.24. The molecule has 0 atom stereocenters. The number of hydrogen-bond acceptors (Lipinski definition) is 1. The fourth-order valence-electron chi connectivity index (χ4n) is 2.18. The molecule has 2 aromatic rings. The molecule has 0 fully saturated rings. The Kier molecular flexibility index (Phi) is 3.32. The Bertz CT molecular complexity index is 537. The number of para-hydroxylation sites is 1. The first-order valence-corrected chi connectivity index (χ1v) is 6.27. The van der Waals surface area contributed by atoms with Gasteiger partial charge in [-0.3, -0.25) is 4.79 Å². The monoisotopic (exact) mass is 229 g/mol. The first kappa shape index (κ1) is 11.9. The summed E-state index contributed by atoms with van der Waals surface area (Å²) >= 11 is 0. The zero-order valence-corrected chi connectivity index (χ0v) is 10.7. The fourth-order valence-corrected chi connectivity index (χ4v) is 2.18. The van der Waals surface area contributed by atoms with E-state index in [4.69, 9.17) is 0 Å². The van der Waals surface area contributed by atoms with E-state index in [0.29, 0.717) is 0 Å². The average Bonchev–Trinajstić information content (AvgIpc) is 2.68. The van der Waals surface area contributed by atoms with Gasteiger partial charge in [0.1, 0.15) is 0 Å². The summed E-state index contributed by atoms with van der Waals surface area (Å²) in [5.74, 6) is 0.284. The average molecular weight is 229 g/mol. The second kappa shape index (κ2) is 4.74. The number of fused-ring (bicyclic) bond motifs is 1. The topological polar surface area (TPSA) is 22.0 Å². The Balaban J connectivity index is 2.60. The van der Waals surface area contributed by atoms with E-state index in [1.165, 1.54) is 5.52 Å². The first-order chi connectivity index (χ1) is 8.15. The van der Waals surface area contributed by atoms with Gasteiger partial charge in [-0.2, -0.15) is 0 Å². The van der Waals surface area contributed by atoms with Crippen molar-refractivity contribution in [2.24, 2.45) is 5.92 Å². The minimum Gasteiger partial charge on any atom is -0.347 e. The van der Waals surface area contributed by atoms with Crippen LogP contribution in [0.4, 0.5) is 0 Å². The highest BCUT2D eigenvalue weighted by Gasteiger charge is 2.16. The number of carbonyl (C=O) groups is 1. The van der Waals surface area contributed by atoms with Gasteiger partial charge in [0.25, 0.3) is 0 Å². The number of aryl methyl sites for hydroxylation is 1. The lowest BCUT2D eigenvalue weighted by molar-refractivity contribution is 0.0941. The van der Waals surface area contributed by atoms with Gasteiger partial charge in [-0.05, 0) is 12.5 Å². The highest BCUT2D eigenvalue weighted by atomic mass is 16.1. The molecule has 1 aromatic heterocycles. The van der Waals surface area contributed by atoms with Gasteiger partial charge in [-0.25, -0.2) is 0 Å². The van der Waals surface area contributed by atoms with Crippen molar-refractivity contribution in [1.82, 2.24) is 4.57 Å². The number of benzene rings is 1. The molecule has 1 heterocycles. The Morgan fingerprint density at radius 1 is 1.29 bits per heavy atom. The first-order valence-electron chi connectivity index (χ1n) is 6.27. The van der Waals surface area contributed by atoms with Crippen molar-refractivity contribution in [1.29, 1.82) is 0 Å². The zero-order chi connectivity index (χ0) is 12.4. The number of aromatic nitrogens is 1. The maximum absolute atomic E-state index is 12.2. The van der Waals surface area contributed by atoms with E-state index < -0.39 is 0 Å². The van der Waals surface area contributed by atoms with E-state index in [2.05, 4.69) is 17.6 Å². The molecule has 2 heteroatoms. The van der Waals surface area contributed by atoms with Crippen molar-refractivity contribution in [3.8, 4) is 0 Å². The number of Topliss-reactive ketones (excluding diaryl/α,β-unsaturated/α-hetero) is 1. The van der Waals surface area contributed by atoms with Gasteiger partial charge >= 0.3 is 0 Å². The number of nitrogens with zero attached hydrogens (tertiary/aromatic N) is 1. The predicted octanol–water partition coefficient (Wildman–Crippen LogP) is 3.89. The van der Waals surface area contributed by atoms with Crippen LogP contribution in [0, 0.1) is 5.92 Å². The van der Waals surface area contributed by atoms with Crippen molar-refractivity contribution in [3.63, 3.8) is 0 Å². The summed E-state index contributed by atoms with van der Waals surface area (Å²) in [5.41, 5.74) is 2.03. The number of hydrogen-bond donors (Lipinski definition) is 0. The van der Waals surface area contributed by atoms with Crippen LogP contribution in [0.1, 0.15) is 37.6 Å². The molecule has 0 amide bonds. The van der Waals surface area contributed by atoms with Crippen molar-refractivity contribution in [2.45, 2.75) is 33.7 Å². The number of ketones is 1. The van der Waals surface area contributed by atoms with Crippen molar-refractivity contribution in [3.05, 3.63) is 36.0 Å². The zero-order valence-electron chi connectivity index (χ0n) is 10.7. The lowest BCUT2D eigenvalue weighted by Crippen LogP contribution is -2.06. The van der Waals surface area contributed by atoms with Gasteiger partial charge in [0, 0.05) is 35.1 Å². The van der Waals surface area contributed by atoms with Crippen LogP contribution in [0.25, 0.3) is 10.9 Å². The van der Waals surface area contributed by atoms with Crippen molar-refractivity contribution in [2.75, 3.05) is 0 Å². The Morgan fingerprint density at radius 2 is 2.00 bits per heavy atom. The molecule has 0 aliphatic carbocycles. The van der Waals surface area contributed by atoms with Crippen LogP contribution in [-0.4, -0.2) is 10.4 Å². The maximum Gasteiger partial charge on any atom is 0.167 e. The molecule has 2 nitrogen and oxygen atoms in total. The summed E-state index contributed by atoms with van der Waals surface area (Å²) in [6.45, 7) is 7.02. The molecule has 17 heavy (non-hydrogen) atoms. The van der Waals surface area contributed by atoms with Crippen LogP contribution < -0.4 is 0 Å². The number of rotatable bonds is 4. The van der Waals surface area contributed by atoms with E-state index in [9.17, 15) is 4.79 Å². The summed E-state index contributed by atoms with van der Waals surface area (Å²) in [5, 5.41) is 1.08. The minimum atomic E-state index is 0.0517. The van der Waals surface area contributed by atoms with Gasteiger partial charge in [0.2, 0.25) is 0 Å².